The third-order valence-electron chi connectivity index (χ3n) is 5.35. The molecule has 2 heterocycles. The van der Waals surface area contributed by atoms with E-state index in [0.29, 0.717) is 53.4 Å². The maximum absolute atomic E-state index is 13.2. The van der Waals surface area contributed by atoms with Gasteiger partial charge in [0.15, 0.2) is 11.5 Å². The van der Waals surface area contributed by atoms with Gasteiger partial charge < -0.3 is 18.7 Å². The lowest BCUT2D eigenvalue weighted by Crippen LogP contribution is -2.40. The number of aromatic nitrogens is 4. The molecule has 0 N–H and O–H groups in total. The number of hydrogen-bond donors (Lipinski definition) is 0. The van der Waals surface area contributed by atoms with Crippen LogP contribution in [0, 0.1) is 0 Å². The van der Waals surface area contributed by atoms with E-state index in [9.17, 15) is 9.59 Å². The van der Waals surface area contributed by atoms with Gasteiger partial charge in [0.05, 0.1) is 24.6 Å². The third kappa shape index (κ3) is 4.58. The standard InChI is InChI=1S/C24H26N4O6/c1-4-33-19-11-10-16(14-20(19)32-3)22-25-21(34-26-22)15-28-18-9-6-5-8-17(18)23(29)27(24(28)30)12-7-13-31-2/h5-6,8-11,14H,4,7,12-13,15H2,1-3H3. The molecule has 0 aliphatic heterocycles. The Balaban J connectivity index is 1.70. The molecule has 0 atom stereocenters. The van der Waals surface area contributed by atoms with E-state index in [1.54, 1.807) is 56.7 Å². The monoisotopic (exact) mass is 466 g/mol. The van der Waals surface area contributed by atoms with Crippen molar-refractivity contribution in [2.24, 2.45) is 0 Å². The number of nitrogens with zero attached hydrogens (tertiary/aromatic N) is 4. The van der Waals surface area contributed by atoms with Gasteiger partial charge in [-0.1, -0.05) is 17.3 Å². The zero-order valence-corrected chi connectivity index (χ0v) is 19.3. The molecule has 2 aromatic heterocycles. The molecule has 34 heavy (non-hydrogen) atoms. The van der Waals surface area contributed by atoms with Gasteiger partial charge in [-0.15, -0.1) is 0 Å². The molecule has 10 heteroatoms. The van der Waals surface area contributed by atoms with Crippen molar-refractivity contribution in [1.82, 2.24) is 19.3 Å². The summed E-state index contributed by atoms with van der Waals surface area (Å²) in [5, 5.41) is 4.50. The number of rotatable bonds is 10. The maximum atomic E-state index is 13.2. The van der Waals surface area contributed by atoms with Gasteiger partial charge in [0.2, 0.25) is 11.7 Å². The fourth-order valence-corrected chi connectivity index (χ4v) is 3.74. The Morgan fingerprint density at radius 2 is 1.85 bits per heavy atom. The van der Waals surface area contributed by atoms with Crippen LogP contribution in [0.5, 0.6) is 11.5 Å². The highest BCUT2D eigenvalue weighted by molar-refractivity contribution is 5.77. The van der Waals surface area contributed by atoms with Crippen molar-refractivity contribution in [3.63, 3.8) is 0 Å². The highest BCUT2D eigenvalue weighted by Gasteiger charge is 2.17. The summed E-state index contributed by atoms with van der Waals surface area (Å²) < 4.78 is 24.1. The zero-order valence-electron chi connectivity index (χ0n) is 19.3. The Kier molecular flexibility index (Phi) is 7.07. The largest absolute Gasteiger partial charge is 0.493 e. The fourth-order valence-electron chi connectivity index (χ4n) is 3.74. The van der Waals surface area contributed by atoms with Gasteiger partial charge in [0.25, 0.3) is 5.56 Å². The highest BCUT2D eigenvalue weighted by atomic mass is 16.5. The molecule has 2 aromatic carbocycles. The van der Waals surface area contributed by atoms with Crippen molar-refractivity contribution < 1.29 is 18.7 Å². The summed E-state index contributed by atoms with van der Waals surface area (Å²) in [6, 6.07) is 12.3. The van der Waals surface area contributed by atoms with Crippen LogP contribution in [0.4, 0.5) is 0 Å². The Bertz CT molecular complexity index is 1400. The molecule has 10 nitrogen and oxygen atoms in total. The van der Waals surface area contributed by atoms with Crippen LogP contribution in [0.25, 0.3) is 22.3 Å². The minimum Gasteiger partial charge on any atom is -0.493 e. The van der Waals surface area contributed by atoms with Gasteiger partial charge >= 0.3 is 5.69 Å². The molecule has 4 aromatic rings. The topological polar surface area (TPSA) is 111 Å². The minimum atomic E-state index is -0.442. The van der Waals surface area contributed by atoms with Gasteiger partial charge in [-0.05, 0) is 43.7 Å². The van der Waals surface area contributed by atoms with Crippen LogP contribution in [-0.4, -0.2) is 46.7 Å². The summed E-state index contributed by atoms with van der Waals surface area (Å²) in [6.45, 7) is 3.11. The van der Waals surface area contributed by atoms with Gasteiger partial charge in [-0.3, -0.25) is 13.9 Å². The Labute approximate surface area is 195 Å². The summed E-state index contributed by atoms with van der Waals surface area (Å²) in [5.74, 6) is 1.75. The molecule has 0 radical (unpaired) electrons. The van der Waals surface area contributed by atoms with E-state index in [-0.39, 0.29) is 24.5 Å². The molecule has 4 rings (SSSR count). The number of hydrogen-bond acceptors (Lipinski definition) is 8. The van der Waals surface area contributed by atoms with Crippen LogP contribution in [0.1, 0.15) is 19.2 Å². The molecular formula is C24H26N4O6. The molecule has 0 aliphatic carbocycles. The normalized spacial score (nSPS) is 11.1. The summed E-state index contributed by atoms with van der Waals surface area (Å²) in [6.07, 6.45) is 0.536. The first kappa shape index (κ1) is 23.2. The second-order valence-corrected chi connectivity index (χ2v) is 7.50. The van der Waals surface area contributed by atoms with Gasteiger partial charge in [-0.2, -0.15) is 4.98 Å². The van der Waals surface area contributed by atoms with E-state index in [1.165, 1.54) is 9.13 Å². The summed E-state index contributed by atoms with van der Waals surface area (Å²) >= 11 is 0. The Hall–Kier alpha value is -3.92. The van der Waals surface area contributed by atoms with E-state index in [1.807, 2.05) is 6.92 Å². The van der Waals surface area contributed by atoms with Gasteiger partial charge in [-0.25, -0.2) is 4.79 Å². The third-order valence-corrected chi connectivity index (χ3v) is 5.35. The molecule has 0 saturated heterocycles. The minimum absolute atomic E-state index is 0.0189. The predicted octanol–water partition coefficient (Wildman–Crippen LogP) is 2.71. The summed E-state index contributed by atoms with van der Waals surface area (Å²) in [7, 11) is 3.14. The molecule has 178 valence electrons. The molecule has 0 amide bonds. The smallest absolute Gasteiger partial charge is 0.331 e. The van der Waals surface area contributed by atoms with Crippen LogP contribution in [0.3, 0.4) is 0 Å². The van der Waals surface area contributed by atoms with E-state index < -0.39 is 5.69 Å². The van der Waals surface area contributed by atoms with Crippen molar-refractivity contribution in [1.29, 1.82) is 0 Å². The molecule has 0 unspecified atom stereocenters. The number of benzene rings is 2. The van der Waals surface area contributed by atoms with Crippen molar-refractivity contribution in [2.45, 2.75) is 26.4 Å². The molecule has 0 fully saturated rings. The summed E-state index contributed by atoms with van der Waals surface area (Å²) in [4.78, 5) is 30.6. The number of methoxy groups -OCH3 is 2. The molecular weight excluding hydrogens is 440 g/mol. The van der Waals surface area contributed by atoms with Crippen molar-refractivity contribution in [2.75, 3.05) is 27.4 Å². The number of para-hydroxylation sites is 1. The Morgan fingerprint density at radius 1 is 1.03 bits per heavy atom. The van der Waals surface area contributed by atoms with Crippen LogP contribution < -0.4 is 20.7 Å². The number of fused-ring (bicyclic) bond motifs is 1. The van der Waals surface area contributed by atoms with E-state index in [0.717, 1.165) is 0 Å². The Morgan fingerprint density at radius 3 is 2.62 bits per heavy atom. The second kappa shape index (κ2) is 10.3. The lowest BCUT2D eigenvalue weighted by Gasteiger charge is -2.12. The van der Waals surface area contributed by atoms with Crippen LogP contribution in [0.2, 0.25) is 0 Å². The lowest BCUT2D eigenvalue weighted by atomic mass is 10.2. The first-order valence-corrected chi connectivity index (χ1v) is 10.9. The molecule has 0 aliphatic rings. The fraction of sp³-hybridized carbons (Fsp3) is 0.333. The zero-order chi connectivity index (χ0) is 24.1. The molecule has 0 saturated carbocycles. The predicted molar refractivity (Wildman–Crippen MR) is 126 cm³/mol. The quantitative estimate of drug-likeness (QED) is 0.328. The average molecular weight is 466 g/mol. The maximum Gasteiger partial charge on any atom is 0.331 e. The summed E-state index contributed by atoms with van der Waals surface area (Å²) in [5.41, 5.74) is 0.406. The van der Waals surface area contributed by atoms with Crippen molar-refractivity contribution in [3.05, 3.63) is 69.2 Å². The first-order valence-electron chi connectivity index (χ1n) is 10.9. The lowest BCUT2D eigenvalue weighted by molar-refractivity contribution is 0.189. The van der Waals surface area contributed by atoms with E-state index >= 15 is 0 Å². The SMILES string of the molecule is CCOc1ccc(-c2noc(Cn3c(=O)n(CCCOC)c(=O)c4ccccc43)n2)cc1OC. The van der Waals surface area contributed by atoms with Gasteiger partial charge in [0.1, 0.15) is 6.54 Å². The highest BCUT2D eigenvalue weighted by Crippen LogP contribution is 2.31. The van der Waals surface area contributed by atoms with Crippen molar-refractivity contribution >= 4 is 10.9 Å². The van der Waals surface area contributed by atoms with Crippen LogP contribution in [0.15, 0.2) is 56.6 Å². The molecule has 0 spiro atoms. The van der Waals surface area contributed by atoms with Crippen LogP contribution >= 0.6 is 0 Å². The second-order valence-electron chi connectivity index (χ2n) is 7.50. The van der Waals surface area contributed by atoms with E-state index in [4.69, 9.17) is 18.7 Å². The van der Waals surface area contributed by atoms with E-state index in [2.05, 4.69) is 10.1 Å². The van der Waals surface area contributed by atoms with Gasteiger partial charge in [0, 0.05) is 25.8 Å². The average Bonchev–Trinajstić information content (AvgIpc) is 3.33. The van der Waals surface area contributed by atoms with Crippen molar-refractivity contribution in [3.8, 4) is 22.9 Å². The number of ether oxygens (including phenoxy) is 3. The molecule has 0 bridgehead atoms. The first-order chi connectivity index (χ1) is 16.6. The van der Waals surface area contributed by atoms with Crippen LogP contribution in [-0.2, 0) is 17.8 Å².